The Kier molecular flexibility index (Phi) is 4.03. The molecule has 7 nitrogen and oxygen atoms in total. The van der Waals surface area contributed by atoms with Crippen LogP contribution in [0.5, 0.6) is 0 Å². The quantitative estimate of drug-likeness (QED) is 0.811. The van der Waals surface area contributed by atoms with Crippen LogP contribution < -0.4 is 5.32 Å². The van der Waals surface area contributed by atoms with Crippen LogP contribution in [0.1, 0.15) is 20.8 Å². The van der Waals surface area contributed by atoms with Crippen molar-refractivity contribution in [3.63, 3.8) is 0 Å². The van der Waals surface area contributed by atoms with Crippen LogP contribution in [-0.4, -0.2) is 55.6 Å². The molecule has 0 aliphatic carbocycles. The van der Waals surface area contributed by atoms with Gasteiger partial charge in [0.2, 0.25) is 0 Å². The first-order valence-corrected chi connectivity index (χ1v) is 6.25. The van der Waals surface area contributed by atoms with Crippen molar-refractivity contribution in [2.75, 3.05) is 25.0 Å². The van der Waals surface area contributed by atoms with Crippen molar-refractivity contribution in [3.8, 4) is 0 Å². The molecular formula is C11H19N7. The SMILES string of the molecule is CCN(CC)CC(C)Nc1cncc2nnnn12. The third-order valence-corrected chi connectivity index (χ3v) is 2.93. The Morgan fingerprint density at radius 1 is 1.33 bits per heavy atom. The molecule has 0 bridgehead atoms. The van der Waals surface area contributed by atoms with Crippen LogP contribution in [0.15, 0.2) is 12.4 Å². The summed E-state index contributed by atoms with van der Waals surface area (Å²) in [6, 6.07) is 0.307. The fourth-order valence-electron chi connectivity index (χ4n) is 1.94. The molecule has 2 rings (SSSR count). The van der Waals surface area contributed by atoms with Gasteiger partial charge >= 0.3 is 0 Å². The lowest BCUT2D eigenvalue weighted by Gasteiger charge is -2.23. The zero-order chi connectivity index (χ0) is 13.0. The highest BCUT2D eigenvalue weighted by Gasteiger charge is 2.10. The standard InChI is InChI=1S/C11H19N7/c1-4-17(5-2)8-9(3)13-10-6-12-7-11-14-15-16-18(10)11/h6-7,9,13H,4-5,8H2,1-3H3. The number of aromatic nitrogens is 5. The first-order valence-electron chi connectivity index (χ1n) is 6.25. The van der Waals surface area contributed by atoms with Gasteiger partial charge in [-0.3, -0.25) is 4.98 Å². The minimum absolute atomic E-state index is 0.307. The molecule has 0 spiro atoms. The lowest BCUT2D eigenvalue weighted by molar-refractivity contribution is 0.294. The number of tetrazole rings is 1. The van der Waals surface area contributed by atoms with E-state index in [0.717, 1.165) is 25.5 Å². The predicted molar refractivity (Wildman–Crippen MR) is 69.4 cm³/mol. The molecule has 0 radical (unpaired) electrons. The third-order valence-electron chi connectivity index (χ3n) is 2.93. The molecule has 0 aliphatic heterocycles. The Hall–Kier alpha value is -1.76. The maximum Gasteiger partial charge on any atom is 0.199 e. The molecule has 2 aromatic rings. The van der Waals surface area contributed by atoms with Crippen LogP contribution in [0.2, 0.25) is 0 Å². The maximum absolute atomic E-state index is 4.12. The van der Waals surface area contributed by atoms with E-state index in [1.54, 1.807) is 16.9 Å². The van der Waals surface area contributed by atoms with E-state index in [-0.39, 0.29) is 0 Å². The second-order valence-corrected chi connectivity index (χ2v) is 4.27. The number of nitrogens with one attached hydrogen (secondary N) is 1. The predicted octanol–water partition coefficient (Wildman–Crippen LogP) is 0.661. The van der Waals surface area contributed by atoms with Crippen molar-refractivity contribution in [2.45, 2.75) is 26.8 Å². The lowest BCUT2D eigenvalue weighted by Crippen LogP contribution is -2.35. The summed E-state index contributed by atoms with van der Waals surface area (Å²) in [5.41, 5.74) is 0.648. The minimum atomic E-state index is 0.307. The number of likely N-dealkylation sites (N-methyl/N-ethyl adjacent to an activating group) is 1. The largest absolute Gasteiger partial charge is 0.365 e. The van der Waals surface area contributed by atoms with Gasteiger partial charge in [-0.05, 0) is 30.4 Å². The Bertz CT molecular complexity index is 491. The molecule has 2 heterocycles. The average Bonchev–Trinajstić information content (AvgIpc) is 2.85. The summed E-state index contributed by atoms with van der Waals surface area (Å²) in [4.78, 5) is 6.48. The van der Waals surface area contributed by atoms with Crippen LogP contribution in [-0.2, 0) is 0 Å². The van der Waals surface area contributed by atoms with E-state index in [1.165, 1.54) is 0 Å². The molecule has 0 amide bonds. The molecule has 0 aliphatic rings. The molecule has 0 saturated carbocycles. The summed E-state index contributed by atoms with van der Waals surface area (Å²) in [5.74, 6) is 0.817. The second-order valence-electron chi connectivity index (χ2n) is 4.27. The monoisotopic (exact) mass is 249 g/mol. The molecule has 2 aromatic heterocycles. The number of fused-ring (bicyclic) bond motifs is 1. The number of hydrogen-bond donors (Lipinski definition) is 1. The molecule has 98 valence electrons. The van der Waals surface area contributed by atoms with Crippen LogP contribution in [0, 0.1) is 0 Å². The van der Waals surface area contributed by atoms with E-state index in [9.17, 15) is 0 Å². The van der Waals surface area contributed by atoms with Crippen molar-refractivity contribution < 1.29 is 0 Å². The van der Waals surface area contributed by atoms with Gasteiger partial charge in [-0.2, -0.15) is 4.52 Å². The van der Waals surface area contributed by atoms with E-state index in [2.05, 4.69) is 51.5 Å². The van der Waals surface area contributed by atoms with Gasteiger partial charge in [-0.25, -0.2) is 0 Å². The minimum Gasteiger partial charge on any atom is -0.365 e. The van der Waals surface area contributed by atoms with Crippen LogP contribution >= 0.6 is 0 Å². The molecule has 0 aromatic carbocycles. The second kappa shape index (κ2) is 5.72. The smallest absolute Gasteiger partial charge is 0.199 e. The Labute approximate surface area is 106 Å². The lowest BCUT2D eigenvalue weighted by atomic mass is 10.3. The van der Waals surface area contributed by atoms with E-state index in [4.69, 9.17) is 0 Å². The zero-order valence-electron chi connectivity index (χ0n) is 11.0. The first kappa shape index (κ1) is 12.7. The summed E-state index contributed by atoms with van der Waals surface area (Å²) in [6.45, 7) is 9.55. The van der Waals surface area contributed by atoms with Crippen LogP contribution in [0.25, 0.3) is 5.65 Å². The van der Waals surface area contributed by atoms with Gasteiger partial charge in [0.15, 0.2) is 11.5 Å². The molecule has 0 saturated heterocycles. The van der Waals surface area contributed by atoms with Gasteiger partial charge in [-0.15, -0.1) is 5.10 Å². The van der Waals surface area contributed by atoms with Crippen molar-refractivity contribution >= 4 is 11.5 Å². The topological polar surface area (TPSA) is 71.2 Å². The fraction of sp³-hybridized carbons (Fsp3) is 0.636. The van der Waals surface area contributed by atoms with Gasteiger partial charge in [0.1, 0.15) is 0 Å². The van der Waals surface area contributed by atoms with Gasteiger partial charge in [0.25, 0.3) is 0 Å². The average molecular weight is 249 g/mol. The maximum atomic E-state index is 4.12. The van der Waals surface area contributed by atoms with Gasteiger partial charge in [0, 0.05) is 12.6 Å². The Morgan fingerprint density at radius 3 is 2.83 bits per heavy atom. The van der Waals surface area contributed by atoms with Gasteiger partial charge in [0.05, 0.1) is 12.4 Å². The van der Waals surface area contributed by atoms with Crippen LogP contribution in [0.3, 0.4) is 0 Å². The molecule has 1 atom stereocenters. The van der Waals surface area contributed by atoms with E-state index < -0.39 is 0 Å². The highest BCUT2D eigenvalue weighted by atomic mass is 15.5. The molecule has 1 unspecified atom stereocenters. The molecule has 7 heteroatoms. The number of hydrogen-bond acceptors (Lipinski definition) is 6. The zero-order valence-corrected chi connectivity index (χ0v) is 11.0. The normalized spacial score (nSPS) is 13.1. The first-order chi connectivity index (χ1) is 8.74. The van der Waals surface area contributed by atoms with Crippen LogP contribution in [0.4, 0.5) is 5.82 Å². The highest BCUT2D eigenvalue weighted by molar-refractivity contribution is 5.44. The van der Waals surface area contributed by atoms with E-state index in [1.807, 2.05) is 0 Å². The highest BCUT2D eigenvalue weighted by Crippen LogP contribution is 2.08. The molecule has 18 heavy (non-hydrogen) atoms. The van der Waals surface area contributed by atoms with Gasteiger partial charge < -0.3 is 10.2 Å². The van der Waals surface area contributed by atoms with Crippen molar-refractivity contribution in [1.29, 1.82) is 0 Å². The fourth-order valence-corrected chi connectivity index (χ4v) is 1.94. The summed E-state index contributed by atoms with van der Waals surface area (Å²) >= 11 is 0. The summed E-state index contributed by atoms with van der Waals surface area (Å²) in [7, 11) is 0. The van der Waals surface area contributed by atoms with Gasteiger partial charge in [-0.1, -0.05) is 13.8 Å². The third kappa shape index (κ3) is 2.73. The Balaban J connectivity index is 2.06. The molecule has 1 N–H and O–H groups in total. The molecular weight excluding hydrogens is 230 g/mol. The van der Waals surface area contributed by atoms with Crippen molar-refractivity contribution in [3.05, 3.63) is 12.4 Å². The number of nitrogens with zero attached hydrogens (tertiary/aromatic N) is 6. The summed E-state index contributed by atoms with van der Waals surface area (Å²) in [6.07, 6.45) is 3.38. The Morgan fingerprint density at radius 2 is 2.11 bits per heavy atom. The van der Waals surface area contributed by atoms with E-state index >= 15 is 0 Å². The summed E-state index contributed by atoms with van der Waals surface area (Å²) in [5, 5.41) is 14.8. The molecule has 0 fully saturated rings. The van der Waals surface area contributed by atoms with Crippen molar-refractivity contribution in [1.82, 2.24) is 29.9 Å². The van der Waals surface area contributed by atoms with E-state index in [0.29, 0.717) is 11.7 Å². The number of anilines is 1. The van der Waals surface area contributed by atoms with Crippen molar-refractivity contribution in [2.24, 2.45) is 0 Å². The number of rotatable bonds is 6. The summed E-state index contributed by atoms with van der Waals surface area (Å²) < 4.78 is 1.66.